The van der Waals surface area contributed by atoms with Gasteiger partial charge in [-0.2, -0.15) is 0 Å². The van der Waals surface area contributed by atoms with Gasteiger partial charge in [-0.05, 0) is 51.4 Å². The number of allylic oxidation sites excluding steroid dienone is 6. The molecule has 2 atom stereocenters. The molecule has 72 heavy (non-hydrogen) atoms. The lowest BCUT2D eigenvalue weighted by molar-refractivity contribution is -0.123. The van der Waals surface area contributed by atoms with E-state index in [0.717, 1.165) is 38.5 Å². The maximum Gasteiger partial charge on any atom is 0.220 e. The SMILES string of the molecule is CCCCCCC/C=C\C/C=C\C/C=C\CCCCCCCCCCCCCCCCC(=O)NC(CO)C(O)CCCCCCCCCCCCCCCCCCCCCCCCCCCCCCCCC. The van der Waals surface area contributed by atoms with Gasteiger partial charge in [-0.25, -0.2) is 0 Å². The van der Waals surface area contributed by atoms with Crippen LogP contribution in [0.5, 0.6) is 0 Å². The summed E-state index contributed by atoms with van der Waals surface area (Å²) in [4.78, 5) is 12.5. The molecule has 1 amide bonds. The van der Waals surface area contributed by atoms with Crippen LogP contribution in [0, 0.1) is 0 Å². The lowest BCUT2D eigenvalue weighted by atomic mass is 10.0. The van der Waals surface area contributed by atoms with Crippen LogP contribution in [-0.4, -0.2) is 34.9 Å². The van der Waals surface area contributed by atoms with Gasteiger partial charge in [-0.15, -0.1) is 0 Å². The Morgan fingerprint density at radius 3 is 0.847 bits per heavy atom. The minimum Gasteiger partial charge on any atom is -0.394 e. The van der Waals surface area contributed by atoms with Gasteiger partial charge in [0.15, 0.2) is 0 Å². The number of carbonyl (C=O) groups is 1. The molecule has 0 aliphatic carbocycles. The Bertz CT molecular complexity index is 1100. The van der Waals surface area contributed by atoms with Crippen molar-refractivity contribution in [3.05, 3.63) is 36.5 Å². The van der Waals surface area contributed by atoms with Crippen molar-refractivity contribution in [2.24, 2.45) is 0 Å². The number of rotatable bonds is 62. The van der Waals surface area contributed by atoms with E-state index in [1.807, 2.05) is 0 Å². The Labute approximate surface area is 452 Å². The summed E-state index contributed by atoms with van der Waals surface area (Å²) in [5.41, 5.74) is 0. The number of aliphatic hydroxyl groups excluding tert-OH is 2. The highest BCUT2D eigenvalue weighted by molar-refractivity contribution is 5.76. The quantitative estimate of drug-likeness (QED) is 0.0420. The molecule has 0 saturated carbocycles. The zero-order valence-corrected chi connectivity index (χ0v) is 49.2. The average Bonchev–Trinajstić information content (AvgIpc) is 3.39. The molecular formula is C68H131NO3. The number of carbonyl (C=O) groups excluding carboxylic acids is 1. The van der Waals surface area contributed by atoms with Gasteiger partial charge in [0.05, 0.1) is 18.8 Å². The van der Waals surface area contributed by atoms with Crippen molar-refractivity contribution in [1.82, 2.24) is 5.32 Å². The fraction of sp³-hybridized carbons (Fsp3) is 0.897. The zero-order valence-electron chi connectivity index (χ0n) is 49.2. The second kappa shape index (κ2) is 63.9. The highest BCUT2D eigenvalue weighted by atomic mass is 16.3. The van der Waals surface area contributed by atoms with E-state index in [0.29, 0.717) is 12.8 Å². The summed E-state index contributed by atoms with van der Waals surface area (Å²) in [6, 6.07) is -0.538. The molecule has 2 unspecified atom stereocenters. The van der Waals surface area contributed by atoms with Crippen molar-refractivity contribution in [2.45, 2.75) is 386 Å². The average molecular weight is 1010 g/mol. The molecule has 0 spiro atoms. The zero-order chi connectivity index (χ0) is 52.0. The van der Waals surface area contributed by atoms with Crippen LogP contribution >= 0.6 is 0 Å². The van der Waals surface area contributed by atoms with E-state index in [4.69, 9.17) is 0 Å². The fourth-order valence-electron chi connectivity index (χ4n) is 10.6. The Balaban J connectivity index is 3.41. The molecule has 0 fully saturated rings. The van der Waals surface area contributed by atoms with Crippen LogP contribution in [0.15, 0.2) is 36.5 Å². The molecule has 0 rings (SSSR count). The first-order valence-electron chi connectivity index (χ1n) is 33.2. The summed E-state index contributed by atoms with van der Waals surface area (Å²) < 4.78 is 0. The molecule has 4 nitrogen and oxygen atoms in total. The molecule has 0 aromatic carbocycles. The van der Waals surface area contributed by atoms with Crippen LogP contribution in [0.4, 0.5) is 0 Å². The lowest BCUT2D eigenvalue weighted by Crippen LogP contribution is -2.45. The first-order chi connectivity index (χ1) is 35.7. The summed E-state index contributed by atoms with van der Waals surface area (Å²) >= 11 is 0. The normalized spacial score (nSPS) is 12.9. The van der Waals surface area contributed by atoms with Gasteiger partial charge in [0, 0.05) is 6.42 Å². The van der Waals surface area contributed by atoms with Gasteiger partial charge < -0.3 is 15.5 Å². The number of amides is 1. The molecule has 426 valence electrons. The van der Waals surface area contributed by atoms with Gasteiger partial charge in [0.25, 0.3) is 0 Å². The highest BCUT2D eigenvalue weighted by Crippen LogP contribution is 2.19. The van der Waals surface area contributed by atoms with Crippen molar-refractivity contribution in [3.63, 3.8) is 0 Å². The van der Waals surface area contributed by atoms with E-state index in [-0.39, 0.29) is 12.5 Å². The number of hydrogen-bond donors (Lipinski definition) is 3. The summed E-state index contributed by atoms with van der Waals surface area (Å²) in [5.74, 6) is -0.0262. The van der Waals surface area contributed by atoms with Crippen LogP contribution in [-0.2, 0) is 4.79 Å². The fourth-order valence-corrected chi connectivity index (χ4v) is 10.6. The topological polar surface area (TPSA) is 69.6 Å². The van der Waals surface area contributed by atoms with Crippen molar-refractivity contribution in [3.8, 4) is 0 Å². The van der Waals surface area contributed by atoms with Crippen LogP contribution in [0.25, 0.3) is 0 Å². The summed E-state index contributed by atoms with van der Waals surface area (Å²) in [7, 11) is 0. The maximum absolute atomic E-state index is 12.5. The van der Waals surface area contributed by atoms with Gasteiger partial charge >= 0.3 is 0 Å². The molecule has 0 heterocycles. The third kappa shape index (κ3) is 59.5. The summed E-state index contributed by atoms with van der Waals surface area (Å²) in [6.45, 7) is 4.39. The molecule has 4 heteroatoms. The van der Waals surface area contributed by atoms with Crippen LogP contribution < -0.4 is 5.32 Å². The molecule has 0 aliphatic heterocycles. The Morgan fingerprint density at radius 2 is 0.569 bits per heavy atom. The van der Waals surface area contributed by atoms with Crippen LogP contribution in [0.1, 0.15) is 373 Å². The molecule has 0 aliphatic rings. The van der Waals surface area contributed by atoms with Crippen LogP contribution in [0.3, 0.4) is 0 Å². The van der Waals surface area contributed by atoms with Crippen molar-refractivity contribution >= 4 is 5.91 Å². The second-order valence-corrected chi connectivity index (χ2v) is 22.9. The minimum absolute atomic E-state index is 0.0262. The second-order valence-electron chi connectivity index (χ2n) is 22.9. The van der Waals surface area contributed by atoms with Gasteiger partial charge in [0.1, 0.15) is 0 Å². The molecule has 0 aromatic rings. The third-order valence-electron chi connectivity index (χ3n) is 15.7. The van der Waals surface area contributed by atoms with E-state index in [1.165, 1.54) is 308 Å². The van der Waals surface area contributed by atoms with Gasteiger partial charge in [-0.1, -0.05) is 352 Å². The molecule has 0 radical (unpaired) electrons. The van der Waals surface area contributed by atoms with E-state index in [2.05, 4.69) is 55.6 Å². The molecule has 0 bridgehead atoms. The number of hydrogen-bond acceptors (Lipinski definition) is 3. The highest BCUT2D eigenvalue weighted by Gasteiger charge is 2.20. The van der Waals surface area contributed by atoms with E-state index >= 15 is 0 Å². The van der Waals surface area contributed by atoms with E-state index < -0.39 is 12.1 Å². The Kier molecular flexibility index (Phi) is 62.7. The first kappa shape index (κ1) is 70.6. The van der Waals surface area contributed by atoms with E-state index in [1.54, 1.807) is 0 Å². The Hall–Kier alpha value is -1.39. The predicted octanol–water partition coefficient (Wildman–Crippen LogP) is 22.4. The smallest absolute Gasteiger partial charge is 0.220 e. The van der Waals surface area contributed by atoms with Crippen molar-refractivity contribution < 1.29 is 15.0 Å². The number of aliphatic hydroxyl groups is 2. The van der Waals surface area contributed by atoms with Crippen LogP contribution in [0.2, 0.25) is 0 Å². The summed E-state index contributed by atoms with van der Waals surface area (Å²) in [5, 5.41) is 23.4. The molecule has 0 aromatic heterocycles. The standard InChI is InChI=1S/C68H131NO3/c1-3-5-7-9-11-13-15-17-19-21-23-25-27-29-31-33-34-36-37-39-41-43-45-47-49-51-53-55-57-59-61-63-67(71)66(65-70)69-68(72)64-62-60-58-56-54-52-50-48-46-44-42-40-38-35-32-30-28-26-24-22-20-18-16-14-12-10-8-6-4-2/h16,18,22,24,28,30,66-67,70-71H,3-15,17,19-21,23,25-27,29,31-65H2,1-2H3,(H,69,72)/b18-16-,24-22-,30-28-. The van der Waals surface area contributed by atoms with Crippen molar-refractivity contribution in [1.29, 1.82) is 0 Å². The third-order valence-corrected chi connectivity index (χ3v) is 15.7. The van der Waals surface area contributed by atoms with Crippen molar-refractivity contribution in [2.75, 3.05) is 6.61 Å². The summed E-state index contributed by atoms with van der Waals surface area (Å²) in [6.07, 6.45) is 87.5. The molecule has 0 saturated heterocycles. The minimum atomic E-state index is -0.661. The number of unbranched alkanes of at least 4 members (excludes halogenated alkanes) is 49. The lowest BCUT2D eigenvalue weighted by Gasteiger charge is -2.22. The monoisotopic (exact) mass is 1010 g/mol. The molecule has 3 N–H and O–H groups in total. The van der Waals surface area contributed by atoms with Gasteiger partial charge in [0.2, 0.25) is 5.91 Å². The van der Waals surface area contributed by atoms with E-state index in [9.17, 15) is 15.0 Å². The maximum atomic E-state index is 12.5. The Morgan fingerprint density at radius 1 is 0.333 bits per heavy atom. The number of nitrogens with one attached hydrogen (secondary N) is 1. The largest absolute Gasteiger partial charge is 0.394 e. The van der Waals surface area contributed by atoms with Gasteiger partial charge in [-0.3, -0.25) is 4.79 Å². The molecular weight excluding hydrogens is 879 g/mol. The first-order valence-corrected chi connectivity index (χ1v) is 33.2. The predicted molar refractivity (Wildman–Crippen MR) is 322 cm³/mol.